The largest absolute Gasteiger partial charge is 0.422 e. The van der Waals surface area contributed by atoms with Gasteiger partial charge in [0.25, 0.3) is 0 Å². The Morgan fingerprint density at radius 2 is 2.06 bits per heavy atom. The van der Waals surface area contributed by atoms with E-state index in [2.05, 4.69) is 13.8 Å². The first-order valence-corrected chi connectivity index (χ1v) is 5.93. The minimum atomic E-state index is -0.672. The molecule has 0 saturated carbocycles. The standard InChI is InChI=1S/C13H16N2O3/c1-8(2)6-7-15-10-5-3-4-9(14)11(10)12(16)18-13(15)17/h3-5,8H,6-7,14H2,1-2H3. The fourth-order valence-electron chi connectivity index (χ4n) is 1.89. The summed E-state index contributed by atoms with van der Waals surface area (Å²) in [5, 5.41) is 0.279. The number of nitrogens with two attached hydrogens (primary N) is 1. The lowest BCUT2D eigenvalue weighted by Gasteiger charge is -2.10. The SMILES string of the molecule is CC(C)CCn1c(=O)oc(=O)c2c(N)cccc21. The van der Waals surface area contributed by atoms with E-state index in [0.717, 1.165) is 6.42 Å². The zero-order valence-electron chi connectivity index (χ0n) is 10.5. The number of hydrogen-bond donors (Lipinski definition) is 1. The van der Waals surface area contributed by atoms with E-state index in [-0.39, 0.29) is 5.39 Å². The zero-order valence-corrected chi connectivity index (χ0v) is 10.5. The number of aromatic nitrogens is 1. The van der Waals surface area contributed by atoms with E-state index >= 15 is 0 Å². The Kier molecular flexibility index (Phi) is 3.23. The molecule has 2 N–H and O–H groups in total. The third-order valence-corrected chi connectivity index (χ3v) is 2.90. The number of nitrogen functional groups attached to an aromatic ring is 1. The zero-order chi connectivity index (χ0) is 13.3. The smallest absolute Gasteiger partial charge is 0.398 e. The van der Waals surface area contributed by atoms with Gasteiger partial charge in [0.1, 0.15) is 5.39 Å². The molecule has 0 saturated heterocycles. The molecule has 5 heteroatoms. The molecular weight excluding hydrogens is 232 g/mol. The minimum Gasteiger partial charge on any atom is -0.398 e. The Morgan fingerprint density at radius 3 is 2.72 bits per heavy atom. The van der Waals surface area contributed by atoms with E-state index in [1.54, 1.807) is 18.2 Å². The fraction of sp³-hybridized carbons (Fsp3) is 0.385. The first-order valence-electron chi connectivity index (χ1n) is 5.93. The summed E-state index contributed by atoms with van der Waals surface area (Å²) in [6.07, 6.45) is 0.831. The third kappa shape index (κ3) is 2.16. The Morgan fingerprint density at radius 1 is 1.33 bits per heavy atom. The van der Waals surface area contributed by atoms with Crippen LogP contribution in [0.15, 0.2) is 32.2 Å². The van der Waals surface area contributed by atoms with Gasteiger partial charge in [-0.25, -0.2) is 9.59 Å². The molecule has 0 radical (unpaired) electrons. The second-order valence-corrected chi connectivity index (χ2v) is 4.73. The Hall–Kier alpha value is -2.04. The van der Waals surface area contributed by atoms with Gasteiger partial charge in [-0.15, -0.1) is 0 Å². The van der Waals surface area contributed by atoms with Crippen LogP contribution < -0.4 is 17.1 Å². The molecule has 0 atom stereocenters. The van der Waals surface area contributed by atoms with Crippen molar-refractivity contribution in [3.05, 3.63) is 39.2 Å². The molecule has 0 aliphatic carbocycles. The van der Waals surface area contributed by atoms with Crippen LogP contribution in [0.5, 0.6) is 0 Å². The van der Waals surface area contributed by atoms with E-state index in [4.69, 9.17) is 10.2 Å². The van der Waals surface area contributed by atoms with E-state index < -0.39 is 11.4 Å². The van der Waals surface area contributed by atoms with Crippen LogP contribution in [0.1, 0.15) is 20.3 Å². The summed E-state index contributed by atoms with van der Waals surface area (Å²) in [4.78, 5) is 23.4. The normalized spacial score (nSPS) is 11.3. The van der Waals surface area contributed by atoms with Gasteiger partial charge in [-0.1, -0.05) is 19.9 Å². The molecule has 1 heterocycles. The molecule has 1 aromatic heterocycles. The Balaban J connectivity index is 2.69. The molecule has 0 spiro atoms. The first-order chi connectivity index (χ1) is 8.50. The van der Waals surface area contributed by atoms with Crippen molar-refractivity contribution in [3.63, 3.8) is 0 Å². The molecule has 18 heavy (non-hydrogen) atoms. The van der Waals surface area contributed by atoms with Crippen LogP contribution in [0, 0.1) is 5.92 Å². The summed E-state index contributed by atoms with van der Waals surface area (Å²) in [6, 6.07) is 5.06. The summed E-state index contributed by atoms with van der Waals surface area (Å²) in [6.45, 7) is 4.65. The summed E-state index contributed by atoms with van der Waals surface area (Å²) in [7, 11) is 0. The summed E-state index contributed by atoms with van der Waals surface area (Å²) in [5.41, 5.74) is 5.96. The number of fused-ring (bicyclic) bond motifs is 1. The number of aryl methyl sites for hydroxylation is 1. The maximum Gasteiger partial charge on any atom is 0.422 e. The maximum atomic E-state index is 11.7. The highest BCUT2D eigenvalue weighted by Crippen LogP contribution is 2.16. The van der Waals surface area contributed by atoms with Crippen LogP contribution in [0.4, 0.5) is 5.69 Å². The van der Waals surface area contributed by atoms with Crippen molar-refractivity contribution < 1.29 is 4.42 Å². The van der Waals surface area contributed by atoms with Crippen LogP contribution in [-0.2, 0) is 6.54 Å². The third-order valence-electron chi connectivity index (χ3n) is 2.90. The van der Waals surface area contributed by atoms with Crippen molar-refractivity contribution in [3.8, 4) is 0 Å². The van der Waals surface area contributed by atoms with Gasteiger partial charge in [-0.2, -0.15) is 0 Å². The van der Waals surface area contributed by atoms with E-state index in [1.807, 2.05) is 0 Å². The van der Waals surface area contributed by atoms with Gasteiger partial charge in [0, 0.05) is 12.2 Å². The van der Waals surface area contributed by atoms with Crippen LogP contribution in [-0.4, -0.2) is 4.57 Å². The maximum absolute atomic E-state index is 11.7. The van der Waals surface area contributed by atoms with E-state index in [1.165, 1.54) is 4.57 Å². The molecule has 2 aromatic rings. The number of rotatable bonds is 3. The Labute approximate surface area is 104 Å². The van der Waals surface area contributed by atoms with Crippen molar-refractivity contribution in [2.45, 2.75) is 26.8 Å². The van der Waals surface area contributed by atoms with E-state index in [0.29, 0.717) is 23.7 Å². The molecule has 2 rings (SSSR count). The summed E-state index contributed by atoms with van der Waals surface area (Å²) >= 11 is 0. The van der Waals surface area contributed by atoms with Crippen molar-refractivity contribution in [1.82, 2.24) is 4.57 Å². The number of benzene rings is 1. The second-order valence-electron chi connectivity index (χ2n) is 4.73. The summed E-state index contributed by atoms with van der Waals surface area (Å²) in [5.74, 6) is -0.168. The highest BCUT2D eigenvalue weighted by atomic mass is 16.4. The lowest BCUT2D eigenvalue weighted by molar-refractivity contribution is 0.400. The van der Waals surface area contributed by atoms with Gasteiger partial charge in [0.15, 0.2) is 0 Å². The molecule has 0 bridgehead atoms. The van der Waals surface area contributed by atoms with Gasteiger partial charge >= 0.3 is 11.4 Å². The molecule has 0 aliphatic heterocycles. The highest BCUT2D eigenvalue weighted by molar-refractivity contribution is 5.89. The topological polar surface area (TPSA) is 78.2 Å². The molecule has 0 aliphatic rings. The number of nitrogens with zero attached hydrogens (tertiary/aromatic N) is 1. The van der Waals surface area contributed by atoms with Gasteiger partial charge < -0.3 is 10.2 Å². The quantitative estimate of drug-likeness (QED) is 0.836. The van der Waals surface area contributed by atoms with Crippen LogP contribution >= 0.6 is 0 Å². The van der Waals surface area contributed by atoms with Crippen molar-refractivity contribution in [2.24, 2.45) is 5.92 Å². The summed E-state index contributed by atoms with van der Waals surface area (Å²) < 4.78 is 6.17. The Bertz CT molecular complexity index is 683. The molecule has 5 nitrogen and oxygen atoms in total. The monoisotopic (exact) mass is 248 g/mol. The molecule has 1 aromatic carbocycles. The predicted molar refractivity (Wildman–Crippen MR) is 70.6 cm³/mol. The average Bonchev–Trinajstić information content (AvgIpc) is 2.27. The highest BCUT2D eigenvalue weighted by Gasteiger charge is 2.11. The van der Waals surface area contributed by atoms with Gasteiger partial charge in [0.2, 0.25) is 0 Å². The fourth-order valence-corrected chi connectivity index (χ4v) is 1.89. The van der Waals surface area contributed by atoms with Gasteiger partial charge in [-0.3, -0.25) is 4.57 Å². The molecule has 0 amide bonds. The predicted octanol–water partition coefficient (Wildman–Crippen LogP) is 1.58. The van der Waals surface area contributed by atoms with Crippen molar-refractivity contribution in [2.75, 3.05) is 5.73 Å². The second kappa shape index (κ2) is 4.68. The molecule has 96 valence electrons. The van der Waals surface area contributed by atoms with Crippen LogP contribution in [0.25, 0.3) is 10.9 Å². The van der Waals surface area contributed by atoms with Crippen LogP contribution in [0.3, 0.4) is 0 Å². The molecule has 0 fully saturated rings. The van der Waals surface area contributed by atoms with Gasteiger partial charge in [0.05, 0.1) is 5.52 Å². The first kappa shape index (κ1) is 12.4. The number of anilines is 1. The lowest BCUT2D eigenvalue weighted by Crippen LogP contribution is -2.26. The van der Waals surface area contributed by atoms with Crippen molar-refractivity contribution in [1.29, 1.82) is 0 Å². The number of hydrogen-bond acceptors (Lipinski definition) is 4. The molecule has 0 unspecified atom stereocenters. The van der Waals surface area contributed by atoms with Crippen LogP contribution in [0.2, 0.25) is 0 Å². The lowest BCUT2D eigenvalue weighted by atomic mass is 10.1. The average molecular weight is 248 g/mol. The minimum absolute atomic E-state index is 0.279. The van der Waals surface area contributed by atoms with Crippen molar-refractivity contribution >= 4 is 16.6 Å². The molecular formula is C13H16N2O3. The van der Waals surface area contributed by atoms with E-state index in [9.17, 15) is 9.59 Å². The van der Waals surface area contributed by atoms with Gasteiger partial charge in [-0.05, 0) is 24.5 Å².